The van der Waals surface area contributed by atoms with Crippen LogP contribution in [0.1, 0.15) is 23.4 Å². The number of nitrogens with one attached hydrogen (secondary N) is 2. The predicted molar refractivity (Wildman–Crippen MR) is 118 cm³/mol. The van der Waals surface area contributed by atoms with E-state index in [1.807, 2.05) is 24.3 Å². The molecule has 0 unspecified atom stereocenters. The molecule has 3 amide bonds. The summed E-state index contributed by atoms with van der Waals surface area (Å²) in [4.78, 5) is 38.6. The van der Waals surface area contributed by atoms with Gasteiger partial charge in [0.2, 0.25) is 0 Å². The minimum absolute atomic E-state index is 0.145. The number of fused-ring (bicyclic) bond motifs is 1. The van der Waals surface area contributed by atoms with Crippen LogP contribution in [0.5, 0.6) is 0 Å². The highest BCUT2D eigenvalue weighted by molar-refractivity contribution is 6.39. The number of rotatable bonds is 4. The van der Waals surface area contributed by atoms with Crippen LogP contribution in [-0.2, 0) is 9.59 Å². The number of carbonyl (C=O) groups is 3. The van der Waals surface area contributed by atoms with Crippen LogP contribution in [0.2, 0.25) is 5.02 Å². The van der Waals surface area contributed by atoms with Gasteiger partial charge in [-0.25, -0.2) is 4.39 Å². The fourth-order valence-corrected chi connectivity index (χ4v) is 3.84. The molecule has 0 saturated carbocycles. The number of hydrogen-bond donors (Lipinski definition) is 2. The number of likely N-dealkylation sites (tertiary alicyclic amines) is 1. The first-order chi connectivity index (χ1) is 15.4. The quantitative estimate of drug-likeness (QED) is 0.582. The monoisotopic (exact) mass is 457 g/mol. The first kappa shape index (κ1) is 21.8. The Balaban J connectivity index is 1.23. The van der Waals surface area contributed by atoms with Crippen molar-refractivity contribution in [2.75, 3.05) is 25.0 Å². The number of halogens is 2. The van der Waals surface area contributed by atoms with Crippen molar-refractivity contribution in [2.24, 2.45) is 5.92 Å². The number of anilines is 1. The van der Waals surface area contributed by atoms with E-state index in [0.29, 0.717) is 43.8 Å². The van der Waals surface area contributed by atoms with Crippen molar-refractivity contribution >= 4 is 46.0 Å². The maximum atomic E-state index is 13.2. The topological polar surface area (TPSA) is 91.7 Å². The Morgan fingerprint density at radius 1 is 1.06 bits per heavy atom. The summed E-state index contributed by atoms with van der Waals surface area (Å²) in [7, 11) is 0. The molecule has 1 fully saturated rings. The SMILES string of the molecule is O=C(NCC1CCN(C(=O)c2cc3ccccc3o2)CC1)C(=O)Nc1ccc(F)c(Cl)c1. The summed E-state index contributed by atoms with van der Waals surface area (Å²) in [5.41, 5.74) is 0.906. The lowest BCUT2D eigenvalue weighted by atomic mass is 9.96. The largest absolute Gasteiger partial charge is 0.451 e. The Labute approximate surface area is 188 Å². The van der Waals surface area contributed by atoms with Gasteiger partial charge in [-0.3, -0.25) is 14.4 Å². The van der Waals surface area contributed by atoms with Crippen LogP contribution in [0.4, 0.5) is 10.1 Å². The van der Waals surface area contributed by atoms with Gasteiger partial charge >= 0.3 is 11.8 Å². The van der Waals surface area contributed by atoms with Crippen LogP contribution in [-0.4, -0.2) is 42.3 Å². The summed E-state index contributed by atoms with van der Waals surface area (Å²) >= 11 is 5.67. The van der Waals surface area contributed by atoms with Gasteiger partial charge in [0.25, 0.3) is 5.91 Å². The van der Waals surface area contributed by atoms with Crippen molar-refractivity contribution in [3.63, 3.8) is 0 Å². The highest BCUT2D eigenvalue weighted by Gasteiger charge is 2.26. The summed E-state index contributed by atoms with van der Waals surface area (Å²) < 4.78 is 18.8. The zero-order valence-corrected chi connectivity index (χ0v) is 17.8. The second-order valence-corrected chi connectivity index (χ2v) is 8.08. The van der Waals surface area contributed by atoms with Gasteiger partial charge in [0.05, 0.1) is 5.02 Å². The molecular formula is C23H21ClFN3O4. The molecule has 7 nitrogen and oxygen atoms in total. The third kappa shape index (κ3) is 4.91. The van der Waals surface area contributed by atoms with Gasteiger partial charge < -0.3 is 20.0 Å². The normalized spacial score (nSPS) is 14.4. The first-order valence-electron chi connectivity index (χ1n) is 10.2. The molecule has 0 spiro atoms. The number of carbonyl (C=O) groups excluding carboxylic acids is 3. The average molecular weight is 458 g/mol. The van der Waals surface area contributed by atoms with Crippen molar-refractivity contribution in [3.05, 3.63) is 65.1 Å². The highest BCUT2D eigenvalue weighted by atomic mass is 35.5. The molecule has 0 aliphatic carbocycles. The lowest BCUT2D eigenvalue weighted by Crippen LogP contribution is -2.43. The van der Waals surface area contributed by atoms with Crippen LogP contribution in [0.3, 0.4) is 0 Å². The van der Waals surface area contributed by atoms with E-state index in [2.05, 4.69) is 10.6 Å². The Kier molecular flexibility index (Phi) is 6.41. The van der Waals surface area contributed by atoms with Crippen LogP contribution >= 0.6 is 11.6 Å². The molecule has 2 N–H and O–H groups in total. The molecule has 1 aliphatic rings. The number of piperidine rings is 1. The van der Waals surface area contributed by atoms with E-state index in [9.17, 15) is 18.8 Å². The van der Waals surface area contributed by atoms with Crippen molar-refractivity contribution in [2.45, 2.75) is 12.8 Å². The second kappa shape index (κ2) is 9.40. The molecule has 3 aromatic rings. The maximum Gasteiger partial charge on any atom is 0.313 e. The van der Waals surface area contributed by atoms with E-state index in [-0.39, 0.29) is 22.5 Å². The lowest BCUT2D eigenvalue weighted by Gasteiger charge is -2.31. The number of benzene rings is 2. The Bertz CT molecular complexity index is 1140. The molecule has 2 aromatic carbocycles. The molecule has 1 aliphatic heterocycles. The first-order valence-corrected chi connectivity index (χ1v) is 10.6. The zero-order valence-electron chi connectivity index (χ0n) is 17.1. The number of furan rings is 1. The predicted octanol–water partition coefficient (Wildman–Crippen LogP) is 3.83. The second-order valence-electron chi connectivity index (χ2n) is 7.68. The average Bonchev–Trinajstić information content (AvgIpc) is 3.24. The van der Waals surface area contributed by atoms with E-state index in [0.717, 1.165) is 11.5 Å². The lowest BCUT2D eigenvalue weighted by molar-refractivity contribution is -0.136. The van der Waals surface area contributed by atoms with E-state index in [4.69, 9.17) is 16.0 Å². The fourth-order valence-electron chi connectivity index (χ4n) is 3.66. The van der Waals surface area contributed by atoms with Crippen LogP contribution in [0.25, 0.3) is 11.0 Å². The zero-order chi connectivity index (χ0) is 22.7. The van der Waals surface area contributed by atoms with Crippen LogP contribution in [0, 0.1) is 11.7 Å². The van der Waals surface area contributed by atoms with Gasteiger partial charge in [-0.05, 0) is 49.1 Å². The molecule has 166 valence electrons. The Hall–Kier alpha value is -3.39. The molecule has 2 heterocycles. The van der Waals surface area contributed by atoms with Crippen molar-refractivity contribution in [3.8, 4) is 0 Å². The third-order valence-electron chi connectivity index (χ3n) is 5.47. The van der Waals surface area contributed by atoms with Gasteiger partial charge in [-0.2, -0.15) is 0 Å². The number of nitrogens with zero attached hydrogens (tertiary/aromatic N) is 1. The summed E-state index contributed by atoms with van der Waals surface area (Å²) in [6.45, 7) is 1.40. The van der Waals surface area contributed by atoms with Crippen LogP contribution < -0.4 is 10.6 Å². The van der Waals surface area contributed by atoms with Gasteiger partial charge in [-0.15, -0.1) is 0 Å². The minimum atomic E-state index is -0.856. The smallest absolute Gasteiger partial charge is 0.313 e. The Morgan fingerprint density at radius 2 is 1.81 bits per heavy atom. The summed E-state index contributed by atoms with van der Waals surface area (Å²) in [6, 6.07) is 12.9. The van der Waals surface area contributed by atoms with Gasteiger partial charge in [-0.1, -0.05) is 29.8 Å². The molecular weight excluding hydrogens is 437 g/mol. The third-order valence-corrected chi connectivity index (χ3v) is 5.76. The van der Waals surface area contributed by atoms with Crippen molar-refractivity contribution < 1.29 is 23.2 Å². The molecule has 0 radical (unpaired) electrons. The standard InChI is InChI=1S/C23H21ClFN3O4/c24-17-12-16(5-6-18(17)25)27-22(30)21(29)26-13-14-7-9-28(10-8-14)23(31)20-11-15-3-1-2-4-19(15)32-20/h1-6,11-12,14H,7-10,13H2,(H,26,29)(H,27,30). The summed E-state index contributed by atoms with van der Waals surface area (Å²) in [6.07, 6.45) is 1.39. The van der Waals surface area contributed by atoms with Gasteiger partial charge in [0, 0.05) is 30.7 Å². The molecule has 1 aromatic heterocycles. The molecule has 0 bridgehead atoms. The highest BCUT2D eigenvalue weighted by Crippen LogP contribution is 2.23. The van der Waals surface area contributed by atoms with Crippen molar-refractivity contribution in [1.82, 2.24) is 10.2 Å². The summed E-state index contributed by atoms with van der Waals surface area (Å²) in [5.74, 6) is -1.95. The minimum Gasteiger partial charge on any atom is -0.451 e. The fraction of sp³-hybridized carbons (Fsp3) is 0.261. The van der Waals surface area contributed by atoms with E-state index >= 15 is 0 Å². The molecule has 9 heteroatoms. The maximum absolute atomic E-state index is 13.2. The molecule has 32 heavy (non-hydrogen) atoms. The van der Waals surface area contributed by atoms with Gasteiger partial charge in [0.1, 0.15) is 11.4 Å². The summed E-state index contributed by atoms with van der Waals surface area (Å²) in [5, 5.41) is 5.73. The number of amides is 3. The number of hydrogen-bond acceptors (Lipinski definition) is 4. The van der Waals surface area contributed by atoms with E-state index in [1.165, 1.54) is 12.1 Å². The van der Waals surface area contributed by atoms with E-state index < -0.39 is 17.6 Å². The van der Waals surface area contributed by atoms with Crippen molar-refractivity contribution in [1.29, 1.82) is 0 Å². The van der Waals surface area contributed by atoms with E-state index in [1.54, 1.807) is 11.0 Å². The molecule has 1 saturated heterocycles. The van der Waals surface area contributed by atoms with Gasteiger partial charge in [0.15, 0.2) is 5.76 Å². The Morgan fingerprint density at radius 3 is 2.53 bits per heavy atom. The molecule has 0 atom stereocenters. The van der Waals surface area contributed by atoms with Crippen LogP contribution in [0.15, 0.2) is 52.9 Å². The molecule has 4 rings (SSSR count). The number of para-hydroxylation sites is 1.